The average Bonchev–Trinajstić information content (AvgIpc) is 2.42. The molecule has 2 saturated heterocycles. The highest BCUT2D eigenvalue weighted by Crippen LogP contribution is 2.37. The first-order valence-electron chi connectivity index (χ1n) is 2.62. The molecule has 2 heterocycles. The lowest BCUT2D eigenvalue weighted by molar-refractivity contribution is -0.153. The van der Waals surface area contributed by atoms with Crippen molar-refractivity contribution < 1.29 is 19.1 Å². The van der Waals surface area contributed by atoms with Crippen LogP contribution in [0.2, 0.25) is 0 Å². The Morgan fingerprint density at radius 3 is 2.33 bits per heavy atom. The van der Waals surface area contributed by atoms with Crippen LogP contribution in [-0.4, -0.2) is 24.1 Å². The maximum atomic E-state index is 10.6. The van der Waals surface area contributed by atoms with Crippen LogP contribution in [0.3, 0.4) is 0 Å². The molecule has 2 rings (SSSR count). The third-order valence-electron chi connectivity index (χ3n) is 1.50. The van der Waals surface area contributed by atoms with Gasteiger partial charge in [0.1, 0.15) is 0 Å². The fraction of sp³-hybridized carbons (Fsp3) is 0.600. The van der Waals surface area contributed by atoms with E-state index in [1.54, 1.807) is 0 Å². The van der Waals surface area contributed by atoms with Crippen molar-refractivity contribution in [2.24, 2.45) is 0 Å². The van der Waals surface area contributed by atoms with E-state index in [9.17, 15) is 9.59 Å². The first-order chi connectivity index (χ1) is 4.23. The van der Waals surface area contributed by atoms with E-state index < -0.39 is 17.5 Å². The molecule has 4 nitrogen and oxygen atoms in total. The smallest absolute Gasteiger partial charge is 0.349 e. The molecule has 0 aliphatic carbocycles. The van der Waals surface area contributed by atoms with Crippen LogP contribution in [0, 0.1) is 0 Å². The maximum Gasteiger partial charge on any atom is 0.349 e. The Kier molecular flexibility index (Phi) is 0.635. The number of hydrogen-bond acceptors (Lipinski definition) is 4. The molecule has 0 aromatic heterocycles. The van der Waals surface area contributed by atoms with Gasteiger partial charge in [-0.3, -0.25) is 4.79 Å². The maximum absolute atomic E-state index is 10.6. The summed E-state index contributed by atoms with van der Waals surface area (Å²) in [7, 11) is 0. The number of epoxide rings is 1. The molecule has 1 atom stereocenters. The van der Waals surface area contributed by atoms with Crippen LogP contribution >= 0.6 is 0 Å². The zero-order valence-corrected chi connectivity index (χ0v) is 4.55. The summed E-state index contributed by atoms with van der Waals surface area (Å²) in [6.07, 6.45) is 0.103. The van der Waals surface area contributed by atoms with Crippen molar-refractivity contribution in [2.45, 2.75) is 12.0 Å². The van der Waals surface area contributed by atoms with Gasteiger partial charge in [-0.05, 0) is 0 Å². The lowest BCUT2D eigenvalue weighted by Gasteiger charge is -1.87. The summed E-state index contributed by atoms with van der Waals surface area (Å²) < 4.78 is 8.98. The zero-order valence-electron chi connectivity index (χ0n) is 4.55. The van der Waals surface area contributed by atoms with Crippen LogP contribution in [0.1, 0.15) is 6.42 Å². The van der Waals surface area contributed by atoms with Gasteiger partial charge in [-0.15, -0.1) is 0 Å². The molecule has 0 bridgehead atoms. The Balaban J connectivity index is 2.28. The summed E-state index contributed by atoms with van der Waals surface area (Å²) in [6, 6.07) is 0. The largest absolute Gasteiger partial charge is 0.391 e. The summed E-state index contributed by atoms with van der Waals surface area (Å²) in [5, 5.41) is 0. The molecule has 0 N–H and O–H groups in total. The van der Waals surface area contributed by atoms with Gasteiger partial charge >= 0.3 is 11.9 Å². The summed E-state index contributed by atoms with van der Waals surface area (Å²) in [6.45, 7) is 0.345. The second kappa shape index (κ2) is 1.16. The molecule has 0 radical (unpaired) electrons. The van der Waals surface area contributed by atoms with E-state index in [4.69, 9.17) is 4.74 Å². The molecule has 48 valence electrons. The van der Waals surface area contributed by atoms with Gasteiger partial charge in [-0.2, -0.15) is 0 Å². The summed E-state index contributed by atoms with van der Waals surface area (Å²) in [5.74, 6) is -0.995. The molecular weight excluding hydrogens is 124 g/mol. The predicted molar refractivity (Wildman–Crippen MR) is 24.4 cm³/mol. The molecule has 2 aliphatic rings. The summed E-state index contributed by atoms with van der Waals surface area (Å²) in [5.41, 5.74) is -0.836. The third-order valence-corrected chi connectivity index (χ3v) is 1.50. The van der Waals surface area contributed by atoms with E-state index in [-0.39, 0.29) is 6.42 Å². The molecule has 0 saturated carbocycles. The van der Waals surface area contributed by atoms with Gasteiger partial charge < -0.3 is 9.47 Å². The minimum atomic E-state index is -0.836. The van der Waals surface area contributed by atoms with E-state index in [1.807, 2.05) is 0 Å². The highest BCUT2D eigenvalue weighted by molar-refractivity contribution is 6.01. The van der Waals surface area contributed by atoms with E-state index in [0.29, 0.717) is 6.61 Å². The van der Waals surface area contributed by atoms with Crippen molar-refractivity contribution in [1.29, 1.82) is 0 Å². The van der Waals surface area contributed by atoms with E-state index in [2.05, 4.69) is 4.74 Å². The highest BCUT2D eigenvalue weighted by Gasteiger charge is 2.60. The first kappa shape index (κ1) is 4.93. The predicted octanol–water partition coefficient (Wildman–Crippen LogP) is -0.771. The van der Waals surface area contributed by atoms with Gasteiger partial charge in [0.05, 0.1) is 13.0 Å². The van der Waals surface area contributed by atoms with E-state index in [0.717, 1.165) is 0 Å². The van der Waals surface area contributed by atoms with Gasteiger partial charge in [0.25, 0.3) is 0 Å². The van der Waals surface area contributed by atoms with Crippen LogP contribution in [-0.2, 0) is 19.1 Å². The molecule has 0 aromatic carbocycles. The average molecular weight is 128 g/mol. The quantitative estimate of drug-likeness (QED) is 0.244. The lowest BCUT2D eigenvalue weighted by atomic mass is 10.1. The first-order valence-corrected chi connectivity index (χ1v) is 2.62. The molecule has 0 aromatic rings. The minimum absolute atomic E-state index is 0.103. The fourth-order valence-corrected chi connectivity index (χ4v) is 0.845. The van der Waals surface area contributed by atoms with Crippen molar-refractivity contribution in [3.63, 3.8) is 0 Å². The Labute approximate surface area is 50.7 Å². The second-order valence-corrected chi connectivity index (χ2v) is 2.22. The Hall–Kier alpha value is -0.900. The number of cyclic esters (lactones) is 2. The topological polar surface area (TPSA) is 55.9 Å². The number of hydrogen-bond donors (Lipinski definition) is 0. The van der Waals surface area contributed by atoms with Crippen molar-refractivity contribution >= 4 is 11.9 Å². The molecule has 0 amide bonds. The van der Waals surface area contributed by atoms with Gasteiger partial charge in [0, 0.05) is 0 Å². The number of rotatable bonds is 0. The van der Waals surface area contributed by atoms with Crippen molar-refractivity contribution in [3.8, 4) is 0 Å². The number of esters is 2. The number of carbonyl (C=O) groups is 2. The van der Waals surface area contributed by atoms with Crippen LogP contribution in [0.5, 0.6) is 0 Å². The van der Waals surface area contributed by atoms with Crippen molar-refractivity contribution in [2.75, 3.05) is 6.61 Å². The van der Waals surface area contributed by atoms with Gasteiger partial charge in [0.2, 0.25) is 0 Å². The zero-order chi connectivity index (χ0) is 6.48. The summed E-state index contributed by atoms with van der Waals surface area (Å²) >= 11 is 0. The van der Waals surface area contributed by atoms with Crippen LogP contribution in [0.15, 0.2) is 0 Å². The fourth-order valence-electron chi connectivity index (χ4n) is 0.845. The van der Waals surface area contributed by atoms with Crippen molar-refractivity contribution in [1.82, 2.24) is 0 Å². The van der Waals surface area contributed by atoms with Gasteiger partial charge in [0.15, 0.2) is 5.60 Å². The second-order valence-electron chi connectivity index (χ2n) is 2.22. The van der Waals surface area contributed by atoms with Crippen LogP contribution in [0.4, 0.5) is 0 Å². The SMILES string of the molecule is O=C1CC2(CO2)C(=O)O1. The molecule has 2 aliphatic heterocycles. The van der Waals surface area contributed by atoms with Crippen LogP contribution in [0.25, 0.3) is 0 Å². The Bertz CT molecular complexity index is 191. The molecule has 9 heavy (non-hydrogen) atoms. The lowest BCUT2D eigenvalue weighted by Crippen LogP contribution is -2.16. The highest BCUT2D eigenvalue weighted by atomic mass is 16.7. The molecular formula is C5H4O4. The van der Waals surface area contributed by atoms with Crippen molar-refractivity contribution in [3.05, 3.63) is 0 Å². The number of ether oxygens (including phenoxy) is 2. The molecule has 1 unspecified atom stereocenters. The molecule has 1 spiro atoms. The minimum Gasteiger partial charge on any atom is -0.391 e. The standard InChI is InChI=1S/C5H4O4/c6-3-1-5(2-8-5)4(7)9-3/h1-2H2. The van der Waals surface area contributed by atoms with Gasteiger partial charge in [-0.1, -0.05) is 0 Å². The van der Waals surface area contributed by atoms with Gasteiger partial charge in [-0.25, -0.2) is 4.79 Å². The Morgan fingerprint density at radius 2 is 2.11 bits per heavy atom. The third kappa shape index (κ3) is 0.506. The van der Waals surface area contributed by atoms with Crippen LogP contribution < -0.4 is 0 Å². The number of carbonyl (C=O) groups excluding carboxylic acids is 2. The normalized spacial score (nSPS) is 39.6. The molecule has 2 fully saturated rings. The molecule has 4 heteroatoms. The monoisotopic (exact) mass is 128 g/mol. The summed E-state index contributed by atoms with van der Waals surface area (Å²) in [4.78, 5) is 21.0. The Morgan fingerprint density at radius 1 is 1.44 bits per heavy atom. The van der Waals surface area contributed by atoms with E-state index in [1.165, 1.54) is 0 Å². The van der Waals surface area contributed by atoms with E-state index >= 15 is 0 Å².